The molecule has 4 aliphatic rings. The van der Waals surface area contributed by atoms with Crippen LogP contribution in [0.15, 0.2) is 24.8 Å². The van der Waals surface area contributed by atoms with Crippen LogP contribution in [-0.2, 0) is 20.3 Å². The van der Waals surface area contributed by atoms with Gasteiger partial charge in [-0.1, -0.05) is 214 Å². The predicted octanol–water partition coefficient (Wildman–Crippen LogP) is 26.2. The van der Waals surface area contributed by atoms with Crippen molar-refractivity contribution in [2.24, 2.45) is 54.1 Å². The average molecular weight is 1420 g/mol. The van der Waals surface area contributed by atoms with Crippen LogP contribution in [0.1, 0.15) is 398 Å². The summed E-state index contributed by atoms with van der Waals surface area (Å²) >= 11 is 0. The van der Waals surface area contributed by atoms with Gasteiger partial charge >= 0.3 is 0 Å². The highest BCUT2D eigenvalue weighted by Gasteiger charge is 2.46. The molecule has 0 aliphatic carbocycles. The third kappa shape index (κ3) is 50.0. The van der Waals surface area contributed by atoms with E-state index in [-0.39, 0.29) is 27.6 Å². The summed E-state index contributed by atoms with van der Waals surface area (Å²) in [4.78, 5) is 28.8. The van der Waals surface area contributed by atoms with Crippen LogP contribution in [0.5, 0.6) is 0 Å². The first kappa shape index (κ1) is 98.6. The van der Waals surface area contributed by atoms with Gasteiger partial charge in [0.1, 0.15) is 0 Å². The SMILES string of the molecule is CC(C)(C)CC(C)(C)C.CC(C)(C)CCC(C)(C)C.CC(C)(C)CCCC(C)(C)C.CC(C)(C)CCCOC(C)(C)C.CC(C)(C)CCOC(C)(C)C.CC(C)(C)c1cnc(N2CCC3(CC2)CCN(C(C)(C)C)C3)nc1.CC(C)(C)c1cnc(N2CCCC3(CCN(C(C)(C)C)C3)C2)nc1. The van der Waals surface area contributed by atoms with Crippen molar-refractivity contribution in [2.45, 2.75) is 420 Å². The maximum atomic E-state index is 5.62. The molecule has 596 valence electrons. The van der Waals surface area contributed by atoms with Gasteiger partial charge in [-0.3, -0.25) is 9.80 Å². The van der Waals surface area contributed by atoms with E-state index in [0.29, 0.717) is 59.7 Å². The number of piperidine rings is 2. The number of ether oxygens (including phenoxy) is 2. The van der Waals surface area contributed by atoms with Crippen LogP contribution in [0.4, 0.5) is 11.9 Å². The Balaban J connectivity index is 0.00000121. The lowest BCUT2D eigenvalue weighted by Gasteiger charge is -2.42. The van der Waals surface area contributed by atoms with Gasteiger partial charge in [0, 0.05) is 93.8 Å². The molecular weight excluding hydrogens is 1240 g/mol. The van der Waals surface area contributed by atoms with Crippen molar-refractivity contribution in [1.82, 2.24) is 29.7 Å². The number of hydrogen-bond acceptors (Lipinski definition) is 10. The summed E-state index contributed by atoms with van der Waals surface area (Å²) in [6.07, 6.45) is 27.4. The fourth-order valence-electron chi connectivity index (χ4n) is 13.2. The number of hydrogen-bond donors (Lipinski definition) is 0. The van der Waals surface area contributed by atoms with Crippen molar-refractivity contribution in [3.8, 4) is 0 Å². The maximum absolute atomic E-state index is 5.62. The lowest BCUT2D eigenvalue weighted by molar-refractivity contribution is -0.0139. The van der Waals surface area contributed by atoms with Crippen molar-refractivity contribution in [3.63, 3.8) is 0 Å². The smallest absolute Gasteiger partial charge is 0.225 e. The first-order chi connectivity index (χ1) is 44.7. The summed E-state index contributed by atoms with van der Waals surface area (Å²) in [5.41, 5.74) is 8.07. The van der Waals surface area contributed by atoms with Gasteiger partial charge in [-0.15, -0.1) is 0 Å². The Morgan fingerprint density at radius 1 is 0.307 bits per heavy atom. The summed E-state index contributed by atoms with van der Waals surface area (Å²) < 4.78 is 11.2. The van der Waals surface area contributed by atoms with Crippen molar-refractivity contribution >= 4 is 11.9 Å². The van der Waals surface area contributed by atoms with E-state index in [1.807, 2.05) is 24.8 Å². The van der Waals surface area contributed by atoms with Gasteiger partial charge < -0.3 is 19.3 Å². The Morgan fingerprint density at radius 3 is 0.911 bits per heavy atom. The molecule has 0 bridgehead atoms. The summed E-state index contributed by atoms with van der Waals surface area (Å²) in [6.45, 7) is 106. The van der Waals surface area contributed by atoms with Crippen molar-refractivity contribution in [3.05, 3.63) is 35.9 Å². The molecule has 0 amide bonds. The lowest BCUT2D eigenvalue weighted by atomic mass is 9.77. The van der Waals surface area contributed by atoms with Crippen LogP contribution in [0.3, 0.4) is 0 Å². The Labute approximate surface area is 633 Å². The van der Waals surface area contributed by atoms with E-state index in [2.05, 4.69) is 320 Å². The third-order valence-electron chi connectivity index (χ3n) is 19.4. The zero-order chi connectivity index (χ0) is 79.4. The molecule has 0 aromatic carbocycles. The third-order valence-corrected chi connectivity index (χ3v) is 19.4. The minimum absolute atomic E-state index is 0.0191. The molecule has 2 aromatic heterocycles. The normalized spacial score (nSPS) is 18.8. The fourth-order valence-corrected chi connectivity index (χ4v) is 13.2. The van der Waals surface area contributed by atoms with Crippen LogP contribution in [0.2, 0.25) is 0 Å². The molecule has 2 aromatic rings. The molecule has 2 spiro atoms. The number of rotatable bonds is 10. The molecule has 0 radical (unpaired) electrons. The second-order valence-electron chi connectivity index (χ2n) is 47.5. The number of anilines is 2. The Bertz CT molecular complexity index is 2410. The van der Waals surface area contributed by atoms with Crippen molar-refractivity contribution in [1.29, 1.82) is 0 Å². The van der Waals surface area contributed by atoms with Gasteiger partial charge in [0.15, 0.2) is 0 Å². The summed E-state index contributed by atoms with van der Waals surface area (Å²) in [6, 6.07) is 0. The zero-order valence-corrected chi connectivity index (χ0v) is 76.4. The molecule has 4 aliphatic heterocycles. The van der Waals surface area contributed by atoms with E-state index in [9.17, 15) is 0 Å². The maximum Gasteiger partial charge on any atom is 0.225 e. The van der Waals surface area contributed by atoms with Crippen LogP contribution in [0.25, 0.3) is 0 Å². The summed E-state index contributed by atoms with van der Waals surface area (Å²) in [5.74, 6) is 1.82. The van der Waals surface area contributed by atoms with Gasteiger partial charge in [0.25, 0.3) is 0 Å². The highest BCUT2D eigenvalue weighted by molar-refractivity contribution is 5.34. The Hall–Kier alpha value is -2.40. The topological polar surface area (TPSA) is 83.0 Å². The molecule has 4 fully saturated rings. The second-order valence-corrected chi connectivity index (χ2v) is 47.5. The van der Waals surface area contributed by atoms with E-state index in [0.717, 1.165) is 57.7 Å². The molecular formula is C91H180N8O2. The van der Waals surface area contributed by atoms with Crippen LogP contribution in [0, 0.1) is 54.1 Å². The minimum atomic E-state index is 0.0191. The molecule has 101 heavy (non-hydrogen) atoms. The predicted molar refractivity (Wildman–Crippen MR) is 450 cm³/mol. The lowest BCUT2D eigenvalue weighted by Crippen LogP contribution is -2.47. The molecule has 1 unspecified atom stereocenters. The average Bonchev–Trinajstić information content (AvgIpc) is 1.69. The van der Waals surface area contributed by atoms with E-state index in [4.69, 9.17) is 19.4 Å². The van der Waals surface area contributed by atoms with E-state index < -0.39 is 0 Å². The number of likely N-dealkylation sites (tertiary alicyclic amines) is 2. The minimum Gasteiger partial charge on any atom is -0.376 e. The quantitative estimate of drug-likeness (QED) is 0.215. The molecule has 4 saturated heterocycles. The number of aromatic nitrogens is 4. The van der Waals surface area contributed by atoms with Gasteiger partial charge in [0.2, 0.25) is 11.9 Å². The van der Waals surface area contributed by atoms with Gasteiger partial charge in [0.05, 0.1) is 11.2 Å². The summed E-state index contributed by atoms with van der Waals surface area (Å²) in [5, 5.41) is 0. The largest absolute Gasteiger partial charge is 0.376 e. The van der Waals surface area contributed by atoms with Gasteiger partial charge in [-0.25, -0.2) is 19.9 Å². The van der Waals surface area contributed by atoms with Gasteiger partial charge in [-0.05, 0) is 257 Å². The monoisotopic (exact) mass is 1420 g/mol. The Kier molecular flexibility index (Phi) is 38.2. The second kappa shape index (κ2) is 39.1. The van der Waals surface area contributed by atoms with Crippen LogP contribution in [-0.4, -0.2) is 118 Å². The summed E-state index contributed by atoms with van der Waals surface area (Å²) in [7, 11) is 0. The highest BCUT2D eigenvalue weighted by Crippen LogP contribution is 2.45. The molecule has 6 rings (SSSR count). The van der Waals surface area contributed by atoms with Gasteiger partial charge in [-0.2, -0.15) is 0 Å². The molecule has 0 saturated carbocycles. The first-order valence-corrected chi connectivity index (χ1v) is 40.6. The number of nitrogens with zero attached hydrogens (tertiary/aromatic N) is 8. The Morgan fingerprint density at radius 2 is 0.614 bits per heavy atom. The zero-order valence-electron chi connectivity index (χ0n) is 76.4. The van der Waals surface area contributed by atoms with Crippen LogP contribution < -0.4 is 9.80 Å². The van der Waals surface area contributed by atoms with Crippen molar-refractivity contribution < 1.29 is 9.47 Å². The van der Waals surface area contributed by atoms with Crippen LogP contribution >= 0.6 is 0 Å². The fraction of sp³-hybridized carbons (Fsp3) is 0.912. The molecule has 6 heterocycles. The standard InChI is InChI=1S/2C20H34N4.C11H24O.C11H24.C10H22O.C10H22.C9H20/c1-18(2,3)16-13-21-17(22-14-16)23-10-7-20(8-11-23)9-12-24(15-20)19(4,5)6;1-18(2,3)16-12-21-17(22-13-16)23-10-7-8-20(14-23)9-11-24(15-20)19(4,5)6;1-10(2,3)8-7-9-12-11(4,5)6;1-10(2,3)8-7-9-11(4,5)6;1-9(2,3)7-8-11-10(4,5)6;1-9(2,3)7-8-10(4,5)6;1-8(2,3)7-9(4,5)6/h13-14H,7-12,15H2,1-6H3;12-13H,7-11,14-15H2,1-6H3;7-9H2,1-6H3;7-9H2,1-6H3;7-8H2,1-6H3;7-8H2,1-6H3;7H2,1-6H3. The highest BCUT2D eigenvalue weighted by atomic mass is 16.5. The molecule has 10 heteroatoms. The van der Waals surface area contributed by atoms with E-state index in [1.165, 1.54) is 127 Å². The molecule has 10 nitrogen and oxygen atoms in total. The van der Waals surface area contributed by atoms with Crippen molar-refractivity contribution in [2.75, 3.05) is 75.4 Å². The van der Waals surface area contributed by atoms with E-state index in [1.54, 1.807) is 0 Å². The van der Waals surface area contributed by atoms with E-state index >= 15 is 0 Å². The first-order valence-electron chi connectivity index (χ1n) is 40.6. The molecule has 1 atom stereocenters. The molecule has 0 N–H and O–H groups in total.